The van der Waals surface area contributed by atoms with Gasteiger partial charge in [-0.1, -0.05) is 55.5 Å². The number of rotatable bonds is 9. The highest BCUT2D eigenvalue weighted by Crippen LogP contribution is 2.31. The lowest BCUT2D eigenvalue weighted by atomic mass is 9.98. The largest absolute Gasteiger partial charge is 0.336 e. The molecule has 0 unspecified atom stereocenters. The summed E-state index contributed by atoms with van der Waals surface area (Å²) in [5, 5.41) is 14.7. The summed E-state index contributed by atoms with van der Waals surface area (Å²) in [6.45, 7) is 9.58. The van der Waals surface area contributed by atoms with Crippen molar-refractivity contribution in [3.05, 3.63) is 90.1 Å². The van der Waals surface area contributed by atoms with Crippen molar-refractivity contribution in [3.8, 4) is 33.8 Å². The van der Waals surface area contributed by atoms with Gasteiger partial charge in [0.25, 0.3) is 0 Å². The van der Waals surface area contributed by atoms with E-state index in [1.54, 1.807) is 0 Å². The van der Waals surface area contributed by atoms with Crippen LogP contribution in [0.2, 0.25) is 0 Å². The zero-order chi connectivity index (χ0) is 28.5. The van der Waals surface area contributed by atoms with Crippen LogP contribution in [0.25, 0.3) is 44.8 Å². The molecular weight excluding hydrogens is 522 g/mol. The van der Waals surface area contributed by atoms with Crippen LogP contribution in [-0.2, 0) is 19.5 Å². The van der Waals surface area contributed by atoms with Crippen molar-refractivity contribution in [1.82, 2.24) is 44.6 Å². The highest BCUT2D eigenvalue weighted by molar-refractivity contribution is 5.85. The Hall–Kier alpha value is -4.63. The topological polar surface area (TPSA) is 93.3 Å². The van der Waals surface area contributed by atoms with E-state index < -0.39 is 0 Å². The smallest absolute Gasteiger partial charge is 0.205 e. The van der Waals surface area contributed by atoms with Crippen LogP contribution in [-0.4, -0.2) is 64.3 Å². The van der Waals surface area contributed by atoms with Gasteiger partial charge < -0.3 is 14.0 Å². The molecule has 1 aliphatic heterocycles. The summed E-state index contributed by atoms with van der Waals surface area (Å²) >= 11 is 0. The number of aryl methyl sites for hydroxylation is 2. The second-order valence-electron chi connectivity index (χ2n) is 11.2. The number of H-pyrrole nitrogens is 1. The number of likely N-dealkylation sites (tertiary alicyclic amines) is 1. The number of tetrazole rings is 1. The number of aromatic amines is 1. The molecule has 9 heteroatoms. The fraction of sp³-hybridized carbons (Fsp3) is 0.303. The van der Waals surface area contributed by atoms with Gasteiger partial charge in [0.1, 0.15) is 5.82 Å². The van der Waals surface area contributed by atoms with E-state index in [1.165, 1.54) is 37.1 Å². The monoisotopic (exact) mass is 557 g/mol. The predicted octanol–water partition coefficient (Wildman–Crippen LogP) is 5.76. The van der Waals surface area contributed by atoms with Crippen LogP contribution in [0.15, 0.2) is 73.2 Å². The Morgan fingerprint density at radius 2 is 1.71 bits per heavy atom. The molecule has 0 amide bonds. The van der Waals surface area contributed by atoms with Crippen molar-refractivity contribution in [1.29, 1.82) is 0 Å². The second-order valence-corrected chi connectivity index (χ2v) is 11.2. The van der Waals surface area contributed by atoms with Crippen molar-refractivity contribution in [2.75, 3.05) is 19.6 Å². The Bertz CT molecular complexity index is 1810. The minimum atomic E-state index is 0.592. The molecule has 9 nitrogen and oxygen atoms in total. The van der Waals surface area contributed by atoms with E-state index in [4.69, 9.17) is 9.97 Å². The first-order valence-corrected chi connectivity index (χ1v) is 14.8. The molecule has 0 radical (unpaired) electrons. The van der Waals surface area contributed by atoms with E-state index in [-0.39, 0.29) is 0 Å². The van der Waals surface area contributed by atoms with Gasteiger partial charge in [-0.25, -0.2) is 9.97 Å². The summed E-state index contributed by atoms with van der Waals surface area (Å²) in [6, 6.07) is 21.4. The molecule has 4 heterocycles. The van der Waals surface area contributed by atoms with E-state index in [0.29, 0.717) is 5.82 Å². The molecule has 42 heavy (non-hydrogen) atoms. The first-order valence-electron chi connectivity index (χ1n) is 14.8. The molecule has 1 saturated heterocycles. The summed E-state index contributed by atoms with van der Waals surface area (Å²) in [4.78, 5) is 12.4. The van der Waals surface area contributed by atoms with Gasteiger partial charge in [-0.05, 0) is 72.5 Å². The van der Waals surface area contributed by atoms with E-state index in [2.05, 4.69) is 97.2 Å². The lowest BCUT2D eigenvalue weighted by molar-refractivity contribution is 0.322. The Balaban J connectivity index is 1.17. The molecule has 3 aromatic carbocycles. The maximum absolute atomic E-state index is 5.05. The summed E-state index contributed by atoms with van der Waals surface area (Å²) in [5.74, 6) is 1.68. The van der Waals surface area contributed by atoms with Crippen LogP contribution in [0.3, 0.4) is 0 Å². The fourth-order valence-electron chi connectivity index (χ4n) is 6.11. The Morgan fingerprint density at radius 1 is 0.905 bits per heavy atom. The van der Waals surface area contributed by atoms with Crippen molar-refractivity contribution >= 4 is 11.0 Å². The third-order valence-corrected chi connectivity index (χ3v) is 8.36. The lowest BCUT2D eigenvalue weighted by Gasteiger charge is -2.14. The molecule has 0 bridgehead atoms. The molecule has 1 N–H and O–H groups in total. The van der Waals surface area contributed by atoms with Crippen molar-refractivity contribution < 1.29 is 0 Å². The normalized spacial score (nSPS) is 13.9. The van der Waals surface area contributed by atoms with E-state index >= 15 is 0 Å². The number of aromatic nitrogens is 8. The van der Waals surface area contributed by atoms with Gasteiger partial charge in [-0.2, -0.15) is 5.21 Å². The summed E-state index contributed by atoms with van der Waals surface area (Å²) in [6.07, 6.45) is 7.66. The average Bonchev–Trinajstić information content (AvgIpc) is 3.84. The van der Waals surface area contributed by atoms with Crippen LogP contribution < -0.4 is 0 Å². The third kappa shape index (κ3) is 5.12. The zero-order valence-electron chi connectivity index (χ0n) is 24.2. The van der Waals surface area contributed by atoms with Gasteiger partial charge in [0, 0.05) is 43.4 Å². The third-order valence-electron chi connectivity index (χ3n) is 8.36. The predicted molar refractivity (Wildman–Crippen MR) is 165 cm³/mol. The van der Waals surface area contributed by atoms with Crippen LogP contribution in [0, 0.1) is 6.92 Å². The van der Waals surface area contributed by atoms with Crippen LogP contribution >= 0.6 is 0 Å². The number of hydrogen-bond acceptors (Lipinski definition) is 6. The highest BCUT2D eigenvalue weighted by atomic mass is 15.5. The maximum atomic E-state index is 5.05. The number of benzene rings is 3. The van der Waals surface area contributed by atoms with E-state index in [0.717, 1.165) is 70.9 Å². The molecule has 0 spiro atoms. The van der Waals surface area contributed by atoms with Gasteiger partial charge in [0.15, 0.2) is 0 Å². The van der Waals surface area contributed by atoms with E-state index in [1.807, 2.05) is 24.5 Å². The molecular formula is C33H35N9. The fourth-order valence-corrected chi connectivity index (χ4v) is 6.11. The number of nitrogens with zero attached hydrogens (tertiary/aromatic N) is 8. The van der Waals surface area contributed by atoms with Crippen LogP contribution in [0.4, 0.5) is 0 Å². The summed E-state index contributed by atoms with van der Waals surface area (Å²) in [7, 11) is 0. The number of hydrogen-bond donors (Lipinski definition) is 1. The van der Waals surface area contributed by atoms with Crippen molar-refractivity contribution in [2.45, 2.75) is 46.2 Å². The first-order chi connectivity index (χ1) is 20.7. The van der Waals surface area contributed by atoms with Crippen LogP contribution in [0.5, 0.6) is 0 Å². The Morgan fingerprint density at radius 3 is 2.48 bits per heavy atom. The van der Waals surface area contributed by atoms with Crippen molar-refractivity contribution in [2.24, 2.45) is 0 Å². The minimum absolute atomic E-state index is 0.592. The van der Waals surface area contributed by atoms with Gasteiger partial charge in [-0.15, -0.1) is 10.2 Å². The molecule has 0 saturated carbocycles. The molecule has 0 atom stereocenters. The zero-order valence-corrected chi connectivity index (χ0v) is 24.2. The van der Waals surface area contributed by atoms with Gasteiger partial charge in [-0.3, -0.25) is 0 Å². The number of imidazole rings is 2. The SMILES string of the molecule is CCc1nc2c(C)cc(-c3cn(CCN4CCCC4)cn3)cc2n1Cc1ccc(-c2ccccc2-c2nn[nH]n2)cc1. The molecule has 0 aliphatic carbocycles. The molecule has 1 fully saturated rings. The summed E-state index contributed by atoms with van der Waals surface area (Å²) < 4.78 is 4.58. The Labute approximate surface area is 245 Å². The number of nitrogens with one attached hydrogen (secondary N) is 1. The standard InChI is InChI=1S/C33H35N9/c1-3-31-35-32-23(2)18-26(29-21-41(22-34-29)17-16-40-14-6-7-15-40)19-30(32)42(31)20-24-10-12-25(13-11-24)27-8-4-5-9-28(27)33-36-38-39-37-33/h4-5,8-13,18-19,21-22H,3,6-7,14-17,20H2,1-2H3,(H,36,37,38,39). The molecule has 1 aliphatic rings. The molecule has 212 valence electrons. The molecule has 6 aromatic rings. The maximum Gasteiger partial charge on any atom is 0.205 e. The first kappa shape index (κ1) is 26.3. The quantitative estimate of drug-likeness (QED) is 0.243. The lowest BCUT2D eigenvalue weighted by Crippen LogP contribution is -2.23. The number of fused-ring (bicyclic) bond motifs is 1. The van der Waals surface area contributed by atoms with Gasteiger partial charge >= 0.3 is 0 Å². The van der Waals surface area contributed by atoms with E-state index in [9.17, 15) is 0 Å². The second kappa shape index (κ2) is 11.3. The minimum Gasteiger partial charge on any atom is -0.336 e. The summed E-state index contributed by atoms with van der Waals surface area (Å²) in [5.41, 5.74) is 9.91. The average molecular weight is 558 g/mol. The highest BCUT2D eigenvalue weighted by Gasteiger charge is 2.16. The molecule has 7 rings (SSSR count). The Kier molecular flexibility index (Phi) is 7.09. The molecule has 3 aromatic heterocycles. The van der Waals surface area contributed by atoms with Crippen LogP contribution in [0.1, 0.15) is 36.7 Å². The van der Waals surface area contributed by atoms with Crippen molar-refractivity contribution in [3.63, 3.8) is 0 Å². The van der Waals surface area contributed by atoms with Gasteiger partial charge in [0.2, 0.25) is 5.82 Å². The van der Waals surface area contributed by atoms with Gasteiger partial charge in [0.05, 0.1) is 23.1 Å².